The predicted molar refractivity (Wildman–Crippen MR) is 107 cm³/mol. The van der Waals surface area contributed by atoms with Crippen LogP contribution in [0.5, 0.6) is 0 Å². The SMILES string of the molecule is CC1CCCC(NC(=O)CN2CCN(c3nc(C(C)(C)C)ns3)CC2)C1. The van der Waals surface area contributed by atoms with Crippen molar-refractivity contribution in [3.05, 3.63) is 5.82 Å². The lowest BCUT2D eigenvalue weighted by molar-refractivity contribution is -0.123. The van der Waals surface area contributed by atoms with Crippen LogP contribution in [0.4, 0.5) is 5.13 Å². The van der Waals surface area contributed by atoms with Crippen molar-refractivity contribution < 1.29 is 4.79 Å². The molecule has 146 valence electrons. The van der Waals surface area contributed by atoms with Gasteiger partial charge >= 0.3 is 0 Å². The van der Waals surface area contributed by atoms with Crippen molar-refractivity contribution in [3.63, 3.8) is 0 Å². The summed E-state index contributed by atoms with van der Waals surface area (Å²) in [5.41, 5.74) is -0.00865. The molecule has 1 amide bonds. The third-order valence-corrected chi connectivity index (χ3v) is 6.17. The van der Waals surface area contributed by atoms with Gasteiger partial charge in [-0.3, -0.25) is 9.69 Å². The third kappa shape index (κ3) is 5.16. The van der Waals surface area contributed by atoms with Gasteiger partial charge in [0.05, 0.1) is 6.54 Å². The van der Waals surface area contributed by atoms with E-state index in [0.29, 0.717) is 12.6 Å². The highest BCUT2D eigenvalue weighted by atomic mass is 32.1. The van der Waals surface area contributed by atoms with Gasteiger partial charge in [0, 0.05) is 49.2 Å². The summed E-state index contributed by atoms with van der Waals surface area (Å²) in [5, 5.41) is 4.25. The van der Waals surface area contributed by atoms with Crippen LogP contribution in [0.25, 0.3) is 0 Å². The zero-order valence-corrected chi connectivity index (χ0v) is 17.4. The number of rotatable bonds is 4. The van der Waals surface area contributed by atoms with Crippen molar-refractivity contribution in [1.82, 2.24) is 19.6 Å². The molecule has 2 fully saturated rings. The minimum absolute atomic E-state index is 0.00865. The highest BCUT2D eigenvalue weighted by Gasteiger charge is 2.26. The monoisotopic (exact) mass is 379 g/mol. The Morgan fingerprint density at radius 2 is 1.96 bits per heavy atom. The van der Waals surface area contributed by atoms with Crippen LogP contribution in [0.3, 0.4) is 0 Å². The van der Waals surface area contributed by atoms with Gasteiger partial charge in [-0.15, -0.1) is 0 Å². The van der Waals surface area contributed by atoms with Gasteiger partial charge < -0.3 is 10.2 Å². The van der Waals surface area contributed by atoms with Crippen LogP contribution in [0.1, 0.15) is 59.2 Å². The number of nitrogens with one attached hydrogen (secondary N) is 1. The van der Waals surface area contributed by atoms with Crippen molar-refractivity contribution >= 4 is 22.6 Å². The maximum atomic E-state index is 12.4. The summed E-state index contributed by atoms with van der Waals surface area (Å²) in [6.45, 7) is 12.8. The number of carbonyl (C=O) groups excluding carboxylic acids is 1. The molecule has 1 N–H and O–H groups in total. The van der Waals surface area contributed by atoms with Gasteiger partial charge in [-0.1, -0.05) is 40.5 Å². The molecule has 6 nitrogen and oxygen atoms in total. The second-order valence-corrected chi connectivity index (χ2v) is 9.68. The zero-order chi connectivity index (χ0) is 18.7. The number of aromatic nitrogens is 2. The van der Waals surface area contributed by atoms with E-state index >= 15 is 0 Å². The quantitative estimate of drug-likeness (QED) is 0.871. The van der Waals surface area contributed by atoms with Crippen LogP contribution < -0.4 is 10.2 Å². The lowest BCUT2D eigenvalue weighted by Crippen LogP contribution is -2.51. The molecule has 1 aromatic heterocycles. The van der Waals surface area contributed by atoms with Gasteiger partial charge in [0.2, 0.25) is 11.0 Å². The number of hydrogen-bond acceptors (Lipinski definition) is 6. The van der Waals surface area contributed by atoms with Crippen LogP contribution in [0, 0.1) is 5.92 Å². The Morgan fingerprint density at radius 1 is 1.23 bits per heavy atom. The molecule has 0 spiro atoms. The molecule has 0 aromatic carbocycles. The Balaban J connectivity index is 1.43. The molecule has 2 unspecified atom stereocenters. The van der Waals surface area contributed by atoms with Crippen molar-refractivity contribution in [2.45, 2.75) is 64.8 Å². The number of anilines is 1. The van der Waals surface area contributed by atoms with E-state index in [2.05, 4.69) is 47.2 Å². The van der Waals surface area contributed by atoms with E-state index in [1.807, 2.05) is 0 Å². The van der Waals surface area contributed by atoms with Gasteiger partial charge in [0.1, 0.15) is 5.82 Å². The molecule has 2 heterocycles. The molecule has 3 rings (SSSR count). The van der Waals surface area contributed by atoms with E-state index in [4.69, 9.17) is 4.98 Å². The smallest absolute Gasteiger partial charge is 0.234 e. The molecule has 7 heteroatoms. The second-order valence-electron chi connectivity index (χ2n) is 8.95. The van der Waals surface area contributed by atoms with Crippen molar-refractivity contribution in [3.8, 4) is 0 Å². The summed E-state index contributed by atoms with van der Waals surface area (Å²) in [5.74, 6) is 1.84. The highest BCUT2D eigenvalue weighted by molar-refractivity contribution is 7.09. The maximum absolute atomic E-state index is 12.4. The van der Waals surface area contributed by atoms with E-state index < -0.39 is 0 Å². The van der Waals surface area contributed by atoms with Gasteiger partial charge in [-0.2, -0.15) is 4.37 Å². The van der Waals surface area contributed by atoms with E-state index in [1.54, 1.807) is 0 Å². The fourth-order valence-electron chi connectivity index (χ4n) is 3.79. The van der Waals surface area contributed by atoms with E-state index in [1.165, 1.54) is 24.4 Å². The number of carbonyl (C=O) groups is 1. The van der Waals surface area contributed by atoms with E-state index in [-0.39, 0.29) is 11.3 Å². The summed E-state index contributed by atoms with van der Waals surface area (Å²) in [6, 6.07) is 0.379. The summed E-state index contributed by atoms with van der Waals surface area (Å²) in [7, 11) is 0. The summed E-state index contributed by atoms with van der Waals surface area (Å²) in [6.07, 6.45) is 4.81. The van der Waals surface area contributed by atoms with Gasteiger partial charge in [-0.25, -0.2) is 4.98 Å². The van der Waals surface area contributed by atoms with E-state index in [0.717, 1.165) is 55.9 Å². The molecule has 1 aromatic rings. The molecule has 1 saturated carbocycles. The molecular weight excluding hydrogens is 346 g/mol. The van der Waals surface area contributed by atoms with Crippen LogP contribution in [0.2, 0.25) is 0 Å². The first-order chi connectivity index (χ1) is 12.3. The Hall–Kier alpha value is -1.21. The molecule has 0 radical (unpaired) electrons. The standard InChI is InChI=1S/C19H33N5OS/c1-14-6-5-7-15(12-14)20-16(25)13-23-8-10-24(11-9-23)18-21-17(22-26-18)19(2,3)4/h14-15H,5-13H2,1-4H3,(H,20,25). The highest BCUT2D eigenvalue weighted by Crippen LogP contribution is 2.26. The average Bonchev–Trinajstić information content (AvgIpc) is 3.06. The summed E-state index contributed by atoms with van der Waals surface area (Å²) < 4.78 is 4.51. The lowest BCUT2D eigenvalue weighted by Gasteiger charge is -2.34. The fraction of sp³-hybridized carbons (Fsp3) is 0.842. The van der Waals surface area contributed by atoms with Crippen LogP contribution in [-0.4, -0.2) is 58.9 Å². The Labute approximate surface area is 161 Å². The van der Waals surface area contributed by atoms with E-state index in [9.17, 15) is 4.79 Å². The molecule has 1 aliphatic heterocycles. The Kier molecular flexibility index (Phi) is 6.17. The van der Waals surface area contributed by atoms with Crippen LogP contribution in [0.15, 0.2) is 0 Å². The molecule has 2 aliphatic rings. The molecule has 1 saturated heterocycles. The molecule has 0 bridgehead atoms. The molecule has 26 heavy (non-hydrogen) atoms. The lowest BCUT2D eigenvalue weighted by atomic mass is 9.87. The first-order valence-electron chi connectivity index (χ1n) is 9.92. The second kappa shape index (κ2) is 8.21. The van der Waals surface area contributed by atoms with Crippen molar-refractivity contribution in [1.29, 1.82) is 0 Å². The van der Waals surface area contributed by atoms with Gasteiger partial charge in [0.15, 0.2) is 0 Å². The van der Waals surface area contributed by atoms with Crippen LogP contribution >= 0.6 is 11.5 Å². The Bertz CT molecular complexity index is 603. The maximum Gasteiger partial charge on any atom is 0.234 e. The molecule has 2 atom stereocenters. The summed E-state index contributed by atoms with van der Waals surface area (Å²) in [4.78, 5) is 21.6. The predicted octanol–water partition coefficient (Wildman–Crippen LogP) is 2.65. The number of piperazine rings is 1. The number of amides is 1. The topological polar surface area (TPSA) is 61.4 Å². The number of hydrogen-bond donors (Lipinski definition) is 1. The minimum atomic E-state index is -0.00865. The number of nitrogens with zero attached hydrogens (tertiary/aromatic N) is 4. The third-order valence-electron chi connectivity index (χ3n) is 5.40. The zero-order valence-electron chi connectivity index (χ0n) is 16.6. The first kappa shape index (κ1) is 19.5. The normalized spacial score (nSPS) is 25.3. The average molecular weight is 380 g/mol. The largest absolute Gasteiger partial charge is 0.352 e. The first-order valence-corrected chi connectivity index (χ1v) is 10.7. The molecular formula is C19H33N5OS. The molecule has 1 aliphatic carbocycles. The fourth-order valence-corrected chi connectivity index (χ4v) is 4.70. The Morgan fingerprint density at radius 3 is 2.58 bits per heavy atom. The van der Waals surface area contributed by atoms with Gasteiger partial charge in [-0.05, 0) is 18.8 Å². The van der Waals surface area contributed by atoms with Gasteiger partial charge in [0.25, 0.3) is 0 Å². The summed E-state index contributed by atoms with van der Waals surface area (Å²) >= 11 is 1.49. The minimum Gasteiger partial charge on any atom is -0.352 e. The van der Waals surface area contributed by atoms with Crippen molar-refractivity contribution in [2.24, 2.45) is 5.92 Å². The van der Waals surface area contributed by atoms with Crippen molar-refractivity contribution in [2.75, 3.05) is 37.6 Å². The van der Waals surface area contributed by atoms with Crippen LogP contribution in [-0.2, 0) is 10.2 Å².